The van der Waals surface area contributed by atoms with E-state index in [1.807, 2.05) is 25.1 Å². The third-order valence-electron chi connectivity index (χ3n) is 5.50. The van der Waals surface area contributed by atoms with Gasteiger partial charge in [-0.15, -0.1) is 0 Å². The minimum atomic E-state index is -0.997. The summed E-state index contributed by atoms with van der Waals surface area (Å²) in [6, 6.07) is 8.08. The molecule has 0 aromatic heterocycles. The highest BCUT2D eigenvalue weighted by Crippen LogP contribution is 2.34. The molecule has 3 rings (SSSR count). The second kappa shape index (κ2) is 9.51. The smallest absolute Gasteiger partial charge is 0.411 e. The van der Waals surface area contributed by atoms with Gasteiger partial charge in [-0.25, -0.2) is 13.6 Å². The van der Waals surface area contributed by atoms with Gasteiger partial charge in [-0.2, -0.15) is 0 Å². The van der Waals surface area contributed by atoms with Gasteiger partial charge in [0.05, 0.1) is 11.8 Å². The van der Waals surface area contributed by atoms with Gasteiger partial charge in [0, 0.05) is 31.2 Å². The van der Waals surface area contributed by atoms with Crippen LogP contribution in [0.2, 0.25) is 0 Å². The Morgan fingerprint density at radius 3 is 2.57 bits per heavy atom. The predicted octanol–water partition coefficient (Wildman–Crippen LogP) is 2.98. The van der Waals surface area contributed by atoms with Crippen molar-refractivity contribution in [3.8, 4) is 0 Å². The maximum Gasteiger partial charge on any atom is 0.411 e. The Kier molecular flexibility index (Phi) is 7.02. The molecule has 8 heteroatoms. The highest BCUT2D eigenvalue weighted by atomic mass is 19.1. The molecule has 1 aliphatic heterocycles. The van der Waals surface area contributed by atoms with Crippen LogP contribution in [0.15, 0.2) is 36.4 Å². The predicted molar refractivity (Wildman–Crippen MR) is 111 cm³/mol. The number of hydrogen-bond acceptors (Lipinski definition) is 4. The largest absolute Gasteiger partial charge is 0.465 e. The topological polar surface area (TPSA) is 98.8 Å². The van der Waals surface area contributed by atoms with Crippen LogP contribution in [0.25, 0.3) is 0 Å². The zero-order chi connectivity index (χ0) is 21.8. The molecule has 6 nitrogen and oxygen atoms in total. The van der Waals surface area contributed by atoms with Crippen molar-refractivity contribution < 1.29 is 23.8 Å². The van der Waals surface area contributed by atoms with E-state index in [0.29, 0.717) is 24.2 Å². The van der Waals surface area contributed by atoms with Crippen LogP contribution in [-0.2, 0) is 12.8 Å². The van der Waals surface area contributed by atoms with Gasteiger partial charge in [-0.05, 0) is 54.2 Å². The molecule has 0 fully saturated rings. The van der Waals surface area contributed by atoms with Crippen molar-refractivity contribution in [3.63, 3.8) is 0 Å². The van der Waals surface area contributed by atoms with Crippen LogP contribution in [0.1, 0.15) is 36.1 Å². The van der Waals surface area contributed by atoms with Gasteiger partial charge in [0.15, 0.2) is 0 Å². The lowest BCUT2D eigenvalue weighted by Crippen LogP contribution is -2.45. The van der Waals surface area contributed by atoms with E-state index in [-0.39, 0.29) is 19.0 Å². The number of nitrogens with zero attached hydrogens (tertiary/aromatic N) is 1. The van der Waals surface area contributed by atoms with Crippen molar-refractivity contribution >= 4 is 11.8 Å². The molecule has 0 saturated heterocycles. The van der Waals surface area contributed by atoms with E-state index in [1.165, 1.54) is 17.0 Å². The number of fused-ring (bicyclic) bond motifs is 1. The van der Waals surface area contributed by atoms with Crippen molar-refractivity contribution in [2.45, 2.75) is 44.4 Å². The van der Waals surface area contributed by atoms with Gasteiger partial charge >= 0.3 is 6.09 Å². The second-order valence-electron chi connectivity index (χ2n) is 7.64. The molecule has 0 saturated carbocycles. The van der Waals surface area contributed by atoms with Crippen LogP contribution in [0.3, 0.4) is 0 Å². The van der Waals surface area contributed by atoms with Crippen molar-refractivity contribution in [1.29, 1.82) is 0 Å². The number of hydrogen-bond donors (Lipinski definition) is 4. The van der Waals surface area contributed by atoms with Crippen molar-refractivity contribution in [2.75, 3.05) is 18.0 Å². The summed E-state index contributed by atoms with van der Waals surface area (Å²) >= 11 is 0. The monoisotopic (exact) mass is 419 g/mol. The molecule has 1 heterocycles. The molecule has 0 bridgehead atoms. The second-order valence-corrected chi connectivity index (χ2v) is 7.64. The normalized spacial score (nSPS) is 18.0. The van der Waals surface area contributed by atoms with Gasteiger partial charge < -0.3 is 21.3 Å². The highest BCUT2D eigenvalue weighted by molar-refractivity contribution is 5.88. The Bertz CT molecular complexity index is 889. The Hall–Kier alpha value is -2.55. The van der Waals surface area contributed by atoms with E-state index in [4.69, 9.17) is 5.73 Å². The minimum Gasteiger partial charge on any atom is -0.465 e. The number of rotatable bonds is 7. The lowest BCUT2D eigenvalue weighted by atomic mass is 9.93. The molecule has 2 aromatic carbocycles. The summed E-state index contributed by atoms with van der Waals surface area (Å²) in [5, 5.41) is 23.2. The maximum atomic E-state index is 13.4. The fraction of sp³-hybridized carbons (Fsp3) is 0.409. The summed E-state index contributed by atoms with van der Waals surface area (Å²) in [4.78, 5) is 12.9. The van der Waals surface area contributed by atoms with E-state index < -0.39 is 29.9 Å². The Labute approximate surface area is 174 Å². The van der Waals surface area contributed by atoms with E-state index in [0.717, 1.165) is 23.6 Å². The fourth-order valence-corrected chi connectivity index (χ4v) is 3.85. The number of halogens is 2. The highest BCUT2D eigenvalue weighted by Gasteiger charge is 2.29. The van der Waals surface area contributed by atoms with E-state index >= 15 is 0 Å². The zero-order valence-corrected chi connectivity index (χ0v) is 16.8. The van der Waals surface area contributed by atoms with Crippen LogP contribution < -0.4 is 16.0 Å². The van der Waals surface area contributed by atoms with Crippen LogP contribution in [0.4, 0.5) is 19.3 Å². The number of amides is 1. The summed E-state index contributed by atoms with van der Waals surface area (Å²) < 4.78 is 26.7. The molecule has 0 spiro atoms. The molecule has 0 aliphatic carbocycles. The molecule has 1 unspecified atom stereocenters. The summed E-state index contributed by atoms with van der Waals surface area (Å²) in [5.41, 5.74) is 9.03. The van der Waals surface area contributed by atoms with Gasteiger partial charge in [-0.1, -0.05) is 19.1 Å². The van der Waals surface area contributed by atoms with Crippen LogP contribution >= 0.6 is 0 Å². The molecule has 30 heavy (non-hydrogen) atoms. The Balaban J connectivity index is 1.67. The van der Waals surface area contributed by atoms with Gasteiger partial charge in [0.25, 0.3) is 0 Å². The zero-order valence-electron chi connectivity index (χ0n) is 16.8. The first-order chi connectivity index (χ1) is 14.3. The van der Waals surface area contributed by atoms with Gasteiger partial charge in [-0.3, -0.25) is 4.90 Å². The molecule has 162 valence electrons. The summed E-state index contributed by atoms with van der Waals surface area (Å²) in [6.07, 6.45) is -0.421. The van der Waals surface area contributed by atoms with E-state index in [9.17, 15) is 23.8 Å². The average molecular weight is 419 g/mol. The molecule has 1 aliphatic rings. The molecule has 3 atom stereocenters. The number of aliphatic hydroxyl groups is 1. The van der Waals surface area contributed by atoms with Crippen molar-refractivity contribution in [2.24, 2.45) is 5.73 Å². The van der Waals surface area contributed by atoms with Crippen LogP contribution in [0.5, 0.6) is 0 Å². The number of carbonyl (C=O) groups is 1. The minimum absolute atomic E-state index is 0.129. The standard InChI is InChI=1S/C22H27F2N3O3/c1-2-13-3-4-20-17(9-13)19(5-6-27(20)22(29)30)26-12-21(28)18(25)10-14-7-15(23)11-16(24)8-14/h3-4,7-9,11,18-19,21,26,28H,2,5-6,10,12,25H2,1H3,(H,29,30)/t18-,19?,21+/m0/s1. The van der Waals surface area contributed by atoms with E-state index in [1.54, 1.807) is 0 Å². The van der Waals surface area contributed by atoms with Gasteiger partial charge in [0.1, 0.15) is 11.6 Å². The lowest BCUT2D eigenvalue weighted by molar-refractivity contribution is 0.137. The van der Waals surface area contributed by atoms with E-state index in [2.05, 4.69) is 5.32 Å². The number of benzene rings is 2. The molecule has 5 N–H and O–H groups in total. The average Bonchev–Trinajstić information content (AvgIpc) is 2.70. The summed E-state index contributed by atoms with van der Waals surface area (Å²) in [5.74, 6) is -1.36. The number of nitrogens with two attached hydrogens (primary N) is 1. The quantitative estimate of drug-likeness (QED) is 0.553. The Morgan fingerprint density at radius 2 is 1.93 bits per heavy atom. The number of carboxylic acid groups (broad SMARTS) is 1. The number of nitrogens with one attached hydrogen (secondary N) is 1. The first-order valence-electron chi connectivity index (χ1n) is 10.0. The van der Waals surface area contributed by atoms with Crippen LogP contribution in [-0.4, -0.2) is 41.5 Å². The molecule has 2 aromatic rings. The third kappa shape index (κ3) is 5.13. The van der Waals surface area contributed by atoms with Gasteiger partial charge in [0.2, 0.25) is 0 Å². The summed E-state index contributed by atoms with van der Waals surface area (Å²) in [6.45, 7) is 2.54. The molecular formula is C22H27F2N3O3. The first kappa shape index (κ1) is 22.1. The molecule has 0 radical (unpaired) electrons. The molecule has 1 amide bonds. The number of aryl methyl sites for hydroxylation is 1. The van der Waals surface area contributed by atoms with Crippen molar-refractivity contribution in [1.82, 2.24) is 5.32 Å². The summed E-state index contributed by atoms with van der Waals surface area (Å²) in [7, 11) is 0. The third-order valence-corrected chi connectivity index (χ3v) is 5.50. The fourth-order valence-electron chi connectivity index (χ4n) is 3.85. The Morgan fingerprint density at radius 1 is 1.23 bits per heavy atom. The van der Waals surface area contributed by atoms with Crippen molar-refractivity contribution in [3.05, 3.63) is 64.7 Å². The lowest BCUT2D eigenvalue weighted by Gasteiger charge is -2.34. The number of anilines is 1. The number of aliphatic hydroxyl groups excluding tert-OH is 1. The first-order valence-corrected chi connectivity index (χ1v) is 10.0. The SMILES string of the molecule is CCc1ccc2c(c1)C(NC[C@@H](O)[C@@H](N)Cc1cc(F)cc(F)c1)CCN2C(=O)O. The van der Waals surface area contributed by atoms with Crippen LogP contribution in [0, 0.1) is 11.6 Å². The molecular weight excluding hydrogens is 392 g/mol. The maximum absolute atomic E-state index is 13.4.